The van der Waals surface area contributed by atoms with E-state index in [9.17, 15) is 0 Å². The van der Waals surface area contributed by atoms with Gasteiger partial charge in [0, 0.05) is 23.3 Å². The van der Waals surface area contributed by atoms with E-state index in [1.807, 2.05) is 11.8 Å². The van der Waals surface area contributed by atoms with Crippen molar-refractivity contribution in [1.29, 1.82) is 0 Å². The fourth-order valence-corrected chi connectivity index (χ4v) is 4.07. The molecule has 0 N–H and O–H groups in total. The van der Waals surface area contributed by atoms with E-state index in [0.717, 1.165) is 12.3 Å². The van der Waals surface area contributed by atoms with E-state index in [-0.39, 0.29) is 0 Å². The van der Waals surface area contributed by atoms with E-state index in [1.54, 1.807) is 11.1 Å². The van der Waals surface area contributed by atoms with Gasteiger partial charge in [-0.1, -0.05) is 24.8 Å². The highest BCUT2D eigenvalue weighted by molar-refractivity contribution is 7.99. The lowest BCUT2D eigenvalue weighted by molar-refractivity contribution is -0.704. The number of hydrogen-bond acceptors (Lipinski definition) is 1. The maximum absolute atomic E-state index is 2.47. The third kappa shape index (κ3) is 2.27. The molecule has 2 aromatic rings. The van der Waals surface area contributed by atoms with Crippen molar-refractivity contribution in [2.24, 2.45) is 0 Å². The van der Waals surface area contributed by atoms with Crippen molar-refractivity contribution in [2.45, 2.75) is 51.1 Å². The maximum atomic E-state index is 2.47. The first-order valence-electron chi connectivity index (χ1n) is 7.45. The van der Waals surface area contributed by atoms with Crippen molar-refractivity contribution in [3.8, 4) is 0 Å². The molecule has 0 bridgehead atoms. The third-order valence-corrected chi connectivity index (χ3v) is 5.05. The van der Waals surface area contributed by atoms with Gasteiger partial charge in [-0.15, -0.1) is 0 Å². The zero-order valence-electron chi connectivity index (χ0n) is 11.9. The fraction of sp³-hybridized carbons (Fsp3) is 0.471. The molecule has 3 rings (SSSR count). The molecule has 2 heteroatoms. The zero-order chi connectivity index (χ0) is 13.2. The van der Waals surface area contributed by atoms with Crippen molar-refractivity contribution < 1.29 is 4.57 Å². The van der Waals surface area contributed by atoms with Gasteiger partial charge in [-0.25, -0.2) is 0 Å². The van der Waals surface area contributed by atoms with Crippen LogP contribution in [0.3, 0.4) is 0 Å². The van der Waals surface area contributed by atoms with E-state index in [4.69, 9.17) is 0 Å². The Morgan fingerprint density at radius 3 is 2.68 bits per heavy atom. The van der Waals surface area contributed by atoms with Crippen LogP contribution in [0, 0.1) is 0 Å². The minimum Gasteiger partial charge on any atom is -0.186 e. The van der Waals surface area contributed by atoms with Crippen LogP contribution in [0.4, 0.5) is 0 Å². The summed E-state index contributed by atoms with van der Waals surface area (Å²) in [5, 5.41) is 2.88. The highest BCUT2D eigenvalue weighted by Crippen LogP contribution is 2.29. The van der Waals surface area contributed by atoms with Crippen molar-refractivity contribution in [1.82, 2.24) is 0 Å². The van der Waals surface area contributed by atoms with Crippen LogP contribution >= 0.6 is 11.8 Å². The summed E-state index contributed by atoms with van der Waals surface area (Å²) in [4.78, 5) is 0. The number of aryl methyl sites for hydroxylation is 3. The average molecular weight is 272 g/mol. The standard InChI is InChI=1S/C17H22NS/c1-3-18-16-11-9-13-7-5-6-8-14(13)15(16)10-12-17(18)19-4-2/h9-12H,3-8H2,1-2H3/q+1. The quantitative estimate of drug-likeness (QED) is 0.600. The second-order valence-electron chi connectivity index (χ2n) is 5.19. The number of nitrogens with zero attached hydrogens (tertiary/aromatic N) is 1. The molecule has 100 valence electrons. The van der Waals surface area contributed by atoms with Crippen molar-refractivity contribution in [3.63, 3.8) is 0 Å². The molecular formula is C17H22NS+. The molecule has 19 heavy (non-hydrogen) atoms. The van der Waals surface area contributed by atoms with Crippen LogP contribution in [-0.2, 0) is 19.4 Å². The monoisotopic (exact) mass is 272 g/mol. The van der Waals surface area contributed by atoms with Crippen molar-refractivity contribution >= 4 is 22.7 Å². The normalized spacial score (nSPS) is 14.6. The Labute approximate surface area is 120 Å². The molecule has 0 aliphatic heterocycles. The smallest absolute Gasteiger partial charge is 0.186 e. The van der Waals surface area contributed by atoms with Crippen molar-refractivity contribution in [3.05, 3.63) is 35.4 Å². The zero-order valence-corrected chi connectivity index (χ0v) is 12.7. The molecule has 0 fully saturated rings. The van der Waals surface area contributed by atoms with Gasteiger partial charge in [0.05, 0.1) is 0 Å². The van der Waals surface area contributed by atoms with Crippen LogP contribution in [-0.4, -0.2) is 5.75 Å². The first-order chi connectivity index (χ1) is 9.35. The lowest BCUT2D eigenvalue weighted by atomic mass is 9.89. The summed E-state index contributed by atoms with van der Waals surface area (Å²) in [5.41, 5.74) is 4.61. The Hall–Kier alpha value is -1.02. The van der Waals surface area contributed by atoms with Gasteiger partial charge in [0.2, 0.25) is 10.5 Å². The molecular weight excluding hydrogens is 250 g/mol. The molecule has 0 spiro atoms. The van der Waals surface area contributed by atoms with E-state index in [2.05, 4.69) is 42.7 Å². The Morgan fingerprint density at radius 2 is 1.89 bits per heavy atom. The summed E-state index contributed by atoms with van der Waals surface area (Å²) in [5.74, 6) is 1.14. The molecule has 1 nitrogen and oxygen atoms in total. The number of pyridine rings is 1. The molecule has 1 aromatic heterocycles. The lowest BCUT2D eigenvalue weighted by Gasteiger charge is -2.17. The first-order valence-corrected chi connectivity index (χ1v) is 8.43. The second kappa shape index (κ2) is 5.54. The fourth-order valence-electron chi connectivity index (χ4n) is 3.23. The summed E-state index contributed by atoms with van der Waals surface area (Å²) >= 11 is 1.94. The average Bonchev–Trinajstić information content (AvgIpc) is 2.47. The minimum atomic E-state index is 1.05. The molecule has 0 amide bonds. The Morgan fingerprint density at radius 1 is 1.05 bits per heavy atom. The largest absolute Gasteiger partial charge is 0.240 e. The number of hydrogen-bond donors (Lipinski definition) is 0. The molecule has 1 aliphatic rings. The van der Waals surface area contributed by atoms with Gasteiger partial charge in [0.1, 0.15) is 6.54 Å². The van der Waals surface area contributed by atoms with Gasteiger partial charge in [-0.3, -0.25) is 0 Å². The van der Waals surface area contributed by atoms with Crippen molar-refractivity contribution in [2.75, 3.05) is 5.75 Å². The molecule has 1 aromatic carbocycles. The minimum absolute atomic E-state index is 1.05. The van der Waals surface area contributed by atoms with Gasteiger partial charge in [0.15, 0.2) is 0 Å². The molecule has 0 saturated carbocycles. The second-order valence-corrected chi connectivity index (χ2v) is 6.48. The topological polar surface area (TPSA) is 3.88 Å². The number of fused-ring (bicyclic) bond motifs is 3. The summed E-state index contributed by atoms with van der Waals surface area (Å²) in [7, 11) is 0. The van der Waals surface area contributed by atoms with Gasteiger partial charge in [0.25, 0.3) is 0 Å². The van der Waals surface area contributed by atoms with Crippen LogP contribution in [0.5, 0.6) is 0 Å². The highest BCUT2D eigenvalue weighted by Gasteiger charge is 2.19. The summed E-state index contributed by atoms with van der Waals surface area (Å²) < 4.78 is 2.47. The van der Waals surface area contributed by atoms with E-state index < -0.39 is 0 Å². The third-order valence-electron chi connectivity index (χ3n) is 4.11. The Bertz CT molecular complexity index is 604. The van der Waals surface area contributed by atoms with Gasteiger partial charge < -0.3 is 0 Å². The van der Waals surface area contributed by atoms with Crippen LogP contribution in [0.25, 0.3) is 10.9 Å². The van der Waals surface area contributed by atoms with Crippen LogP contribution in [0.2, 0.25) is 0 Å². The SMILES string of the molecule is CCSc1ccc2c3c(ccc2[n+]1CC)CCCC3. The van der Waals surface area contributed by atoms with E-state index in [0.29, 0.717) is 0 Å². The highest BCUT2D eigenvalue weighted by atomic mass is 32.2. The number of thioether (sulfide) groups is 1. The number of aromatic nitrogens is 1. The molecule has 0 radical (unpaired) electrons. The molecule has 0 unspecified atom stereocenters. The molecule has 0 atom stereocenters. The number of benzene rings is 1. The Balaban J connectivity index is 2.23. The summed E-state index contributed by atoms with van der Waals surface area (Å²) in [6.45, 7) is 5.53. The van der Waals surface area contributed by atoms with Gasteiger partial charge >= 0.3 is 0 Å². The van der Waals surface area contributed by atoms with Gasteiger partial charge in [-0.2, -0.15) is 4.57 Å². The maximum Gasteiger partial charge on any atom is 0.240 e. The predicted octanol–water partition coefficient (Wildman–Crippen LogP) is 4.14. The van der Waals surface area contributed by atoms with Crippen LogP contribution in [0.1, 0.15) is 37.8 Å². The lowest BCUT2D eigenvalue weighted by Crippen LogP contribution is -2.36. The first kappa shape index (κ1) is 13.0. The van der Waals surface area contributed by atoms with E-state index >= 15 is 0 Å². The molecule has 0 saturated heterocycles. The Kier molecular flexibility index (Phi) is 3.79. The summed E-state index contributed by atoms with van der Waals surface area (Å²) in [6.07, 6.45) is 5.24. The van der Waals surface area contributed by atoms with Crippen LogP contribution < -0.4 is 4.57 Å². The van der Waals surface area contributed by atoms with Gasteiger partial charge in [-0.05, 0) is 49.8 Å². The molecule has 1 heterocycles. The van der Waals surface area contributed by atoms with Crippen LogP contribution in [0.15, 0.2) is 29.3 Å². The van der Waals surface area contributed by atoms with E-state index in [1.165, 1.54) is 41.6 Å². The molecule has 1 aliphatic carbocycles. The number of rotatable bonds is 3. The predicted molar refractivity (Wildman–Crippen MR) is 82.9 cm³/mol. The summed E-state index contributed by atoms with van der Waals surface area (Å²) in [6, 6.07) is 9.37.